The molecule has 0 heterocycles. The summed E-state index contributed by atoms with van der Waals surface area (Å²) >= 11 is 0. The first-order valence-electron chi connectivity index (χ1n) is 9.76. The van der Waals surface area contributed by atoms with E-state index in [-0.39, 0.29) is 24.9 Å². The fourth-order valence-electron chi connectivity index (χ4n) is 3.38. The number of carbonyl (C=O) groups is 1. The molecule has 2 rings (SSSR count). The first-order chi connectivity index (χ1) is 13.4. The number of rotatable bonds is 12. The van der Waals surface area contributed by atoms with Crippen LogP contribution in [0.15, 0.2) is 60.7 Å². The summed E-state index contributed by atoms with van der Waals surface area (Å²) in [6.07, 6.45) is 3.39. The zero-order valence-corrected chi connectivity index (χ0v) is 17.0. The Kier molecular flexibility index (Phi) is 8.91. The molecule has 4 N–H and O–H groups in total. The van der Waals surface area contributed by atoms with E-state index in [0.29, 0.717) is 6.42 Å². The average molecular weight is 403 g/mol. The lowest BCUT2D eigenvalue weighted by atomic mass is 9.90. The Morgan fingerprint density at radius 3 is 2.18 bits per heavy atom. The van der Waals surface area contributed by atoms with E-state index in [9.17, 15) is 14.3 Å². The molecule has 2 aromatic carbocycles. The smallest absolute Gasteiger partial charge is 0.303 e. The minimum absolute atomic E-state index is 0.0210. The second-order valence-corrected chi connectivity index (χ2v) is 9.87. The van der Waals surface area contributed by atoms with Crippen LogP contribution < -0.4 is 5.73 Å². The molecule has 0 aliphatic heterocycles. The normalized spacial score (nSPS) is 15.5. The van der Waals surface area contributed by atoms with E-state index < -0.39 is 19.1 Å². The van der Waals surface area contributed by atoms with Gasteiger partial charge in [-0.2, -0.15) is 0 Å². The number of hydrogen-bond acceptors (Lipinski definition) is 3. The predicted octanol–water partition coefficient (Wildman–Crippen LogP) is 4.60. The van der Waals surface area contributed by atoms with Gasteiger partial charge in [-0.15, -0.1) is 0 Å². The van der Waals surface area contributed by atoms with Crippen molar-refractivity contribution in [1.29, 1.82) is 0 Å². The van der Waals surface area contributed by atoms with E-state index in [1.807, 2.05) is 36.4 Å². The van der Waals surface area contributed by atoms with Gasteiger partial charge in [0.05, 0.1) is 5.78 Å². The molecule has 0 aromatic heterocycles. The van der Waals surface area contributed by atoms with Crippen molar-refractivity contribution in [3.8, 4) is 0 Å². The Morgan fingerprint density at radius 1 is 0.964 bits per heavy atom. The highest BCUT2D eigenvalue weighted by atomic mass is 31.2. The molecule has 5 nitrogen and oxygen atoms in total. The minimum atomic E-state index is -3.59. The molecule has 0 fully saturated rings. The van der Waals surface area contributed by atoms with Gasteiger partial charge in [-0.3, -0.25) is 9.36 Å². The number of nitrogens with two attached hydrogens (primary N) is 1. The number of aliphatic carboxylic acids is 1. The second kappa shape index (κ2) is 11.2. The lowest BCUT2D eigenvalue weighted by Gasteiger charge is -2.23. The number of carboxylic acid groups (broad SMARTS) is 1. The van der Waals surface area contributed by atoms with Crippen LogP contribution in [0.4, 0.5) is 0 Å². The lowest BCUT2D eigenvalue weighted by Crippen LogP contribution is -2.23. The van der Waals surface area contributed by atoms with Gasteiger partial charge in [0.25, 0.3) is 0 Å². The Balaban J connectivity index is 1.95. The van der Waals surface area contributed by atoms with Crippen LogP contribution in [-0.2, 0) is 15.8 Å². The Morgan fingerprint density at radius 2 is 1.57 bits per heavy atom. The quantitative estimate of drug-likeness (QED) is 0.450. The number of hydrogen-bond donors (Lipinski definition) is 3. The summed E-state index contributed by atoms with van der Waals surface area (Å²) in [5.41, 5.74) is 8.28. The molecule has 28 heavy (non-hydrogen) atoms. The highest BCUT2D eigenvalue weighted by molar-refractivity contribution is 7.58. The molecule has 3 atom stereocenters. The van der Waals surface area contributed by atoms with Gasteiger partial charge in [0, 0.05) is 12.6 Å². The highest BCUT2D eigenvalue weighted by Crippen LogP contribution is 2.48. The molecule has 0 saturated carbocycles. The van der Waals surface area contributed by atoms with Crippen molar-refractivity contribution in [2.45, 2.75) is 50.2 Å². The summed E-state index contributed by atoms with van der Waals surface area (Å²) in [5.74, 6) is -1.81. The monoisotopic (exact) mass is 403 g/mol. The molecule has 0 amide bonds. The van der Waals surface area contributed by atoms with Crippen LogP contribution in [0.1, 0.15) is 49.1 Å². The fourth-order valence-corrected chi connectivity index (χ4v) is 4.93. The SMILES string of the molecule is NC(CCC(=O)O)P(=O)(O)CCC(CCCc1ccccc1)c1ccccc1. The van der Waals surface area contributed by atoms with E-state index in [0.717, 1.165) is 24.8 Å². The van der Waals surface area contributed by atoms with Gasteiger partial charge < -0.3 is 15.7 Å². The molecule has 0 aliphatic carbocycles. The lowest BCUT2D eigenvalue weighted by molar-refractivity contribution is -0.137. The number of benzene rings is 2. The van der Waals surface area contributed by atoms with Gasteiger partial charge in [-0.05, 0) is 49.1 Å². The van der Waals surface area contributed by atoms with Gasteiger partial charge in [0.15, 0.2) is 0 Å². The topological polar surface area (TPSA) is 101 Å². The van der Waals surface area contributed by atoms with Crippen LogP contribution in [0.3, 0.4) is 0 Å². The molecule has 152 valence electrons. The molecule has 0 aliphatic rings. The standard InChI is InChI=1S/C22H30NO4P/c23-21(14-15-22(24)25)28(26,27)17-16-20(19-11-5-2-6-12-19)13-7-10-18-8-3-1-4-9-18/h1-6,8-9,11-12,20-21H,7,10,13-17,23H2,(H,24,25)(H,26,27). The maximum atomic E-state index is 12.6. The van der Waals surface area contributed by atoms with E-state index in [4.69, 9.17) is 10.8 Å². The van der Waals surface area contributed by atoms with E-state index in [1.54, 1.807) is 0 Å². The van der Waals surface area contributed by atoms with Crippen LogP contribution >= 0.6 is 7.37 Å². The molecular weight excluding hydrogens is 373 g/mol. The first kappa shape index (κ1) is 22.4. The average Bonchev–Trinajstić information content (AvgIpc) is 2.70. The van der Waals surface area contributed by atoms with Crippen molar-refractivity contribution in [3.05, 3.63) is 71.8 Å². The second-order valence-electron chi connectivity index (χ2n) is 7.25. The van der Waals surface area contributed by atoms with E-state index in [1.165, 1.54) is 5.56 Å². The third kappa shape index (κ3) is 7.59. The van der Waals surface area contributed by atoms with E-state index in [2.05, 4.69) is 24.3 Å². The Hall–Kier alpha value is -1.94. The zero-order valence-electron chi connectivity index (χ0n) is 16.1. The third-order valence-electron chi connectivity index (χ3n) is 5.10. The van der Waals surface area contributed by atoms with Crippen LogP contribution in [0, 0.1) is 0 Å². The van der Waals surface area contributed by atoms with Crippen molar-refractivity contribution < 1.29 is 19.4 Å². The summed E-state index contributed by atoms with van der Waals surface area (Å²) in [7, 11) is -3.59. The molecular formula is C22H30NO4P. The summed E-state index contributed by atoms with van der Waals surface area (Å²) in [4.78, 5) is 21.0. The van der Waals surface area contributed by atoms with Crippen LogP contribution in [-0.4, -0.2) is 27.9 Å². The maximum Gasteiger partial charge on any atom is 0.303 e. The van der Waals surface area contributed by atoms with Crippen molar-refractivity contribution in [3.63, 3.8) is 0 Å². The van der Waals surface area contributed by atoms with Crippen molar-refractivity contribution in [1.82, 2.24) is 0 Å². The Labute approximate surface area is 167 Å². The van der Waals surface area contributed by atoms with Crippen molar-refractivity contribution >= 4 is 13.3 Å². The van der Waals surface area contributed by atoms with Gasteiger partial charge in [0.1, 0.15) is 0 Å². The maximum absolute atomic E-state index is 12.6. The van der Waals surface area contributed by atoms with Gasteiger partial charge in [0.2, 0.25) is 7.37 Å². The van der Waals surface area contributed by atoms with Crippen LogP contribution in [0.25, 0.3) is 0 Å². The van der Waals surface area contributed by atoms with Crippen molar-refractivity contribution in [2.75, 3.05) is 6.16 Å². The van der Waals surface area contributed by atoms with E-state index >= 15 is 0 Å². The van der Waals surface area contributed by atoms with Crippen molar-refractivity contribution in [2.24, 2.45) is 5.73 Å². The first-order valence-corrected chi connectivity index (χ1v) is 11.7. The summed E-state index contributed by atoms with van der Waals surface area (Å²) in [6, 6.07) is 20.3. The van der Waals surface area contributed by atoms with Gasteiger partial charge in [-0.25, -0.2) is 0 Å². The van der Waals surface area contributed by atoms with Gasteiger partial charge >= 0.3 is 5.97 Å². The molecule has 0 bridgehead atoms. The summed E-state index contributed by atoms with van der Waals surface area (Å²) in [6.45, 7) is 0. The molecule has 0 saturated heterocycles. The fraction of sp³-hybridized carbons (Fsp3) is 0.409. The molecule has 0 radical (unpaired) electrons. The highest BCUT2D eigenvalue weighted by Gasteiger charge is 2.29. The Bertz CT molecular complexity index is 767. The number of aryl methyl sites for hydroxylation is 1. The summed E-state index contributed by atoms with van der Waals surface area (Å²) < 4.78 is 12.6. The molecule has 6 heteroatoms. The molecule has 0 spiro atoms. The minimum Gasteiger partial charge on any atom is -0.481 e. The largest absolute Gasteiger partial charge is 0.481 e. The molecule has 3 unspecified atom stereocenters. The zero-order chi connectivity index (χ0) is 20.4. The summed E-state index contributed by atoms with van der Waals surface area (Å²) in [5, 5.41) is 8.76. The van der Waals surface area contributed by atoms with Crippen LogP contribution in [0.2, 0.25) is 0 Å². The number of carboxylic acids is 1. The predicted molar refractivity (Wildman–Crippen MR) is 113 cm³/mol. The van der Waals surface area contributed by atoms with Crippen LogP contribution in [0.5, 0.6) is 0 Å². The molecule has 2 aromatic rings. The van der Waals surface area contributed by atoms with Gasteiger partial charge in [-0.1, -0.05) is 60.7 Å². The third-order valence-corrected chi connectivity index (χ3v) is 7.30.